The molecule has 0 aliphatic heterocycles. The zero-order chi connectivity index (χ0) is 15.4. The molecule has 2 rings (SSSR count). The Morgan fingerprint density at radius 2 is 1.86 bits per heavy atom. The second-order valence-corrected chi connectivity index (χ2v) is 6.48. The predicted molar refractivity (Wildman–Crippen MR) is 89.4 cm³/mol. The molecule has 21 heavy (non-hydrogen) atoms. The summed E-state index contributed by atoms with van der Waals surface area (Å²) in [6.45, 7) is 4.91. The number of ether oxygens (including phenoxy) is 1. The highest BCUT2D eigenvalue weighted by atomic mass is 79.9. The maximum Gasteiger partial charge on any atom is 0.161 e. The van der Waals surface area contributed by atoms with Crippen LogP contribution < -0.4 is 0 Å². The van der Waals surface area contributed by atoms with Crippen molar-refractivity contribution in [2.24, 2.45) is 5.92 Å². The third-order valence-electron chi connectivity index (χ3n) is 3.00. The number of methoxy groups -OCH3 is 1. The summed E-state index contributed by atoms with van der Waals surface area (Å²) in [5.74, 6) is 1.16. The zero-order valence-electron chi connectivity index (χ0n) is 12.4. The summed E-state index contributed by atoms with van der Waals surface area (Å²) in [6, 6.07) is 8.01. The topological polar surface area (TPSA) is 35.0 Å². The number of rotatable bonds is 5. The van der Waals surface area contributed by atoms with Crippen molar-refractivity contribution >= 4 is 27.5 Å². The normalized spacial score (nSPS) is 11.1. The Morgan fingerprint density at radius 1 is 1.19 bits per heavy atom. The fourth-order valence-corrected chi connectivity index (χ4v) is 2.56. The summed E-state index contributed by atoms with van der Waals surface area (Å²) in [6.07, 6.45) is 0.859. The van der Waals surface area contributed by atoms with Gasteiger partial charge < -0.3 is 4.74 Å². The first-order chi connectivity index (χ1) is 10.0. The number of halogens is 2. The van der Waals surface area contributed by atoms with E-state index in [1.807, 2.05) is 24.3 Å². The smallest absolute Gasteiger partial charge is 0.161 e. The Hall–Kier alpha value is -0.970. The monoisotopic (exact) mass is 368 g/mol. The Bertz CT molecular complexity index is 614. The molecule has 0 N–H and O–H groups in total. The third kappa shape index (κ3) is 4.25. The van der Waals surface area contributed by atoms with Gasteiger partial charge in [-0.1, -0.05) is 49.7 Å². The highest BCUT2D eigenvalue weighted by molar-refractivity contribution is 9.10. The molecule has 0 saturated heterocycles. The lowest BCUT2D eigenvalue weighted by Crippen LogP contribution is -2.02. The van der Waals surface area contributed by atoms with Gasteiger partial charge in [-0.2, -0.15) is 0 Å². The van der Waals surface area contributed by atoms with Crippen molar-refractivity contribution < 1.29 is 4.74 Å². The third-order valence-corrected chi connectivity index (χ3v) is 4.34. The first-order valence-corrected chi connectivity index (χ1v) is 7.98. The molecular formula is C16H18BrClN2O. The van der Waals surface area contributed by atoms with Crippen LogP contribution in [-0.2, 0) is 17.8 Å². The standard InChI is InChI=1S/C16H18BrClN2O/c1-10(2)8-13-14(17)15(18)20-16(19-13)12-6-4-11(5-7-12)9-21-3/h4-7,10H,8-9H2,1-3H3. The van der Waals surface area contributed by atoms with E-state index in [0.717, 1.165) is 27.7 Å². The fraction of sp³-hybridized carbons (Fsp3) is 0.375. The van der Waals surface area contributed by atoms with Gasteiger partial charge in [-0.3, -0.25) is 0 Å². The molecule has 0 atom stereocenters. The number of benzene rings is 1. The number of hydrogen-bond donors (Lipinski definition) is 0. The number of aromatic nitrogens is 2. The van der Waals surface area contributed by atoms with Gasteiger partial charge in [0.15, 0.2) is 5.82 Å². The summed E-state index contributed by atoms with van der Waals surface area (Å²) in [5, 5.41) is 0.455. The summed E-state index contributed by atoms with van der Waals surface area (Å²) in [5.41, 5.74) is 3.02. The summed E-state index contributed by atoms with van der Waals surface area (Å²) in [7, 11) is 1.68. The molecule has 0 aliphatic carbocycles. The van der Waals surface area contributed by atoms with Gasteiger partial charge in [0.05, 0.1) is 16.8 Å². The molecule has 1 aromatic heterocycles. The lowest BCUT2D eigenvalue weighted by molar-refractivity contribution is 0.185. The van der Waals surface area contributed by atoms with Gasteiger partial charge in [0.1, 0.15) is 5.15 Å². The van der Waals surface area contributed by atoms with Crippen molar-refractivity contribution in [3.63, 3.8) is 0 Å². The lowest BCUT2D eigenvalue weighted by atomic mass is 10.1. The van der Waals surface area contributed by atoms with Crippen molar-refractivity contribution in [3.05, 3.63) is 45.1 Å². The molecular weight excluding hydrogens is 352 g/mol. The van der Waals surface area contributed by atoms with E-state index >= 15 is 0 Å². The van der Waals surface area contributed by atoms with E-state index in [2.05, 4.69) is 39.7 Å². The van der Waals surface area contributed by atoms with Crippen LogP contribution >= 0.6 is 27.5 Å². The largest absolute Gasteiger partial charge is 0.380 e. The molecule has 1 aromatic carbocycles. The molecule has 112 valence electrons. The summed E-state index contributed by atoms with van der Waals surface area (Å²) in [4.78, 5) is 9.01. The van der Waals surface area contributed by atoms with Gasteiger partial charge in [0.25, 0.3) is 0 Å². The van der Waals surface area contributed by atoms with E-state index in [1.165, 1.54) is 0 Å². The van der Waals surface area contributed by atoms with Gasteiger partial charge in [-0.05, 0) is 33.8 Å². The van der Waals surface area contributed by atoms with Gasteiger partial charge in [0, 0.05) is 12.7 Å². The van der Waals surface area contributed by atoms with Gasteiger partial charge in [0.2, 0.25) is 0 Å². The summed E-state index contributed by atoms with van der Waals surface area (Å²) >= 11 is 9.69. The zero-order valence-corrected chi connectivity index (χ0v) is 14.7. The Morgan fingerprint density at radius 3 is 2.43 bits per heavy atom. The Kier molecular flexibility index (Phi) is 5.73. The highest BCUT2D eigenvalue weighted by Gasteiger charge is 2.13. The number of hydrogen-bond acceptors (Lipinski definition) is 3. The SMILES string of the molecule is COCc1ccc(-c2nc(Cl)c(Br)c(CC(C)C)n2)cc1. The van der Waals surface area contributed by atoms with Crippen molar-refractivity contribution in [1.29, 1.82) is 0 Å². The molecule has 0 bridgehead atoms. The Balaban J connectivity index is 2.36. The minimum absolute atomic E-state index is 0.455. The maximum absolute atomic E-state index is 6.22. The maximum atomic E-state index is 6.22. The quantitative estimate of drug-likeness (QED) is 0.703. The van der Waals surface area contributed by atoms with Gasteiger partial charge >= 0.3 is 0 Å². The van der Waals surface area contributed by atoms with E-state index < -0.39 is 0 Å². The minimum Gasteiger partial charge on any atom is -0.380 e. The van der Waals surface area contributed by atoms with Crippen molar-refractivity contribution in [2.75, 3.05) is 7.11 Å². The van der Waals surface area contributed by atoms with Crippen LogP contribution in [0.2, 0.25) is 5.15 Å². The summed E-state index contributed by atoms with van der Waals surface area (Å²) < 4.78 is 5.90. The van der Waals surface area contributed by atoms with E-state index in [4.69, 9.17) is 16.3 Å². The molecule has 3 nitrogen and oxygen atoms in total. The lowest BCUT2D eigenvalue weighted by Gasteiger charge is -2.10. The second-order valence-electron chi connectivity index (χ2n) is 5.33. The van der Waals surface area contributed by atoms with Crippen LogP contribution in [-0.4, -0.2) is 17.1 Å². The van der Waals surface area contributed by atoms with Crippen LogP contribution in [0, 0.1) is 5.92 Å². The van der Waals surface area contributed by atoms with Crippen LogP contribution in [0.5, 0.6) is 0 Å². The van der Waals surface area contributed by atoms with E-state index in [1.54, 1.807) is 7.11 Å². The molecule has 1 heterocycles. The predicted octanol–water partition coefficient (Wildman–Crippen LogP) is 4.90. The van der Waals surface area contributed by atoms with Crippen LogP contribution in [0.25, 0.3) is 11.4 Å². The molecule has 0 radical (unpaired) electrons. The molecule has 0 spiro atoms. The van der Waals surface area contributed by atoms with Crippen molar-refractivity contribution in [3.8, 4) is 11.4 Å². The average Bonchev–Trinajstić information content (AvgIpc) is 2.44. The molecule has 5 heteroatoms. The molecule has 0 aliphatic rings. The highest BCUT2D eigenvalue weighted by Crippen LogP contribution is 2.28. The molecule has 0 amide bonds. The molecule has 0 saturated carbocycles. The molecule has 2 aromatic rings. The van der Waals surface area contributed by atoms with Crippen LogP contribution in [0.15, 0.2) is 28.7 Å². The van der Waals surface area contributed by atoms with Crippen LogP contribution in [0.4, 0.5) is 0 Å². The molecule has 0 fully saturated rings. The fourth-order valence-electron chi connectivity index (χ4n) is 2.03. The van der Waals surface area contributed by atoms with Crippen LogP contribution in [0.1, 0.15) is 25.1 Å². The van der Waals surface area contributed by atoms with E-state index in [9.17, 15) is 0 Å². The van der Waals surface area contributed by atoms with E-state index in [-0.39, 0.29) is 0 Å². The van der Waals surface area contributed by atoms with Crippen molar-refractivity contribution in [1.82, 2.24) is 9.97 Å². The van der Waals surface area contributed by atoms with E-state index in [0.29, 0.717) is 23.5 Å². The van der Waals surface area contributed by atoms with Gasteiger partial charge in [-0.25, -0.2) is 9.97 Å². The Labute approximate surface area is 138 Å². The first-order valence-electron chi connectivity index (χ1n) is 6.81. The minimum atomic E-state index is 0.455. The van der Waals surface area contributed by atoms with Crippen LogP contribution in [0.3, 0.4) is 0 Å². The first kappa shape index (κ1) is 16.4. The molecule has 0 unspecified atom stereocenters. The average molecular weight is 370 g/mol. The second kappa shape index (κ2) is 7.34. The number of nitrogens with zero attached hydrogens (tertiary/aromatic N) is 2. The van der Waals surface area contributed by atoms with Gasteiger partial charge in [-0.15, -0.1) is 0 Å². The van der Waals surface area contributed by atoms with Crippen molar-refractivity contribution in [2.45, 2.75) is 26.9 Å².